The number of aryl methyl sites for hydroxylation is 2. The molecule has 1 aromatic rings. The number of carbonyl (C=O) groups is 2. The molecule has 0 aliphatic heterocycles. The van der Waals surface area contributed by atoms with E-state index < -0.39 is 0 Å². The van der Waals surface area contributed by atoms with E-state index in [9.17, 15) is 9.59 Å². The number of amides is 3. The fraction of sp³-hybridized carbons (Fsp3) is 0.647. The molecule has 1 saturated carbocycles. The molecule has 6 heteroatoms. The van der Waals surface area contributed by atoms with Gasteiger partial charge >= 0.3 is 6.03 Å². The van der Waals surface area contributed by atoms with Gasteiger partial charge in [0.2, 0.25) is 5.91 Å². The van der Waals surface area contributed by atoms with Gasteiger partial charge in [-0.05, 0) is 39.7 Å². The first kappa shape index (κ1) is 17.4. The zero-order chi connectivity index (χ0) is 16.8. The minimum absolute atomic E-state index is 0.00154. The number of carbonyl (C=O) groups excluding carboxylic acids is 2. The predicted molar refractivity (Wildman–Crippen MR) is 88.1 cm³/mol. The maximum atomic E-state index is 11.9. The van der Waals surface area contributed by atoms with Gasteiger partial charge in [0.1, 0.15) is 11.5 Å². The minimum Gasteiger partial charge on any atom is -0.466 e. The summed E-state index contributed by atoms with van der Waals surface area (Å²) < 4.78 is 5.46. The zero-order valence-electron chi connectivity index (χ0n) is 14.2. The third-order valence-electron chi connectivity index (χ3n) is 4.27. The lowest BCUT2D eigenvalue weighted by Crippen LogP contribution is -2.45. The molecule has 1 heterocycles. The predicted octanol–water partition coefficient (Wildman–Crippen LogP) is 2.71. The molecule has 0 radical (unpaired) electrons. The summed E-state index contributed by atoms with van der Waals surface area (Å²) in [5, 5.41) is 8.40. The number of rotatable bonds is 5. The lowest BCUT2D eigenvalue weighted by Gasteiger charge is -2.23. The van der Waals surface area contributed by atoms with Crippen LogP contribution in [0.2, 0.25) is 0 Å². The molecule has 0 spiro atoms. The standard InChI is InChI=1S/C17H27N3O3/c1-11-9-15(13(3)23-11)12(2)19-17(22)18-10-16(21)20-14-7-5-4-6-8-14/h9,12,14H,4-8,10H2,1-3H3,(H,20,21)(H2,18,19,22)/t12-/m0/s1. The van der Waals surface area contributed by atoms with Crippen LogP contribution in [0.5, 0.6) is 0 Å². The zero-order valence-corrected chi connectivity index (χ0v) is 14.2. The van der Waals surface area contributed by atoms with E-state index >= 15 is 0 Å². The quantitative estimate of drug-likeness (QED) is 0.779. The lowest BCUT2D eigenvalue weighted by molar-refractivity contribution is -0.121. The van der Waals surface area contributed by atoms with Crippen molar-refractivity contribution < 1.29 is 14.0 Å². The molecule has 0 unspecified atom stereocenters. The van der Waals surface area contributed by atoms with Crippen LogP contribution in [0.25, 0.3) is 0 Å². The van der Waals surface area contributed by atoms with E-state index in [4.69, 9.17) is 4.42 Å². The largest absolute Gasteiger partial charge is 0.466 e. The highest BCUT2D eigenvalue weighted by atomic mass is 16.3. The summed E-state index contributed by atoms with van der Waals surface area (Å²) in [6.07, 6.45) is 5.65. The Bertz CT molecular complexity index is 547. The molecule has 0 saturated heterocycles. The van der Waals surface area contributed by atoms with Gasteiger partial charge in [-0.25, -0.2) is 4.79 Å². The van der Waals surface area contributed by atoms with Crippen molar-refractivity contribution in [2.24, 2.45) is 0 Å². The Morgan fingerprint density at radius 3 is 2.57 bits per heavy atom. The summed E-state index contributed by atoms with van der Waals surface area (Å²) in [4.78, 5) is 23.8. The lowest BCUT2D eigenvalue weighted by atomic mass is 9.95. The Kier molecular flexibility index (Phi) is 6.07. The average Bonchev–Trinajstić information content (AvgIpc) is 2.85. The topological polar surface area (TPSA) is 83.4 Å². The summed E-state index contributed by atoms with van der Waals surface area (Å²) >= 11 is 0. The van der Waals surface area contributed by atoms with Crippen molar-refractivity contribution >= 4 is 11.9 Å². The highest BCUT2D eigenvalue weighted by Gasteiger charge is 2.17. The number of nitrogens with one attached hydrogen (secondary N) is 3. The fourth-order valence-corrected chi connectivity index (χ4v) is 3.09. The summed E-state index contributed by atoms with van der Waals surface area (Å²) in [7, 11) is 0. The van der Waals surface area contributed by atoms with E-state index in [-0.39, 0.29) is 30.6 Å². The second-order valence-corrected chi connectivity index (χ2v) is 6.32. The Morgan fingerprint density at radius 2 is 1.96 bits per heavy atom. The first-order valence-electron chi connectivity index (χ1n) is 8.36. The van der Waals surface area contributed by atoms with Crippen molar-refractivity contribution in [3.05, 3.63) is 23.2 Å². The van der Waals surface area contributed by atoms with E-state index in [1.165, 1.54) is 19.3 Å². The van der Waals surface area contributed by atoms with E-state index in [0.29, 0.717) is 0 Å². The van der Waals surface area contributed by atoms with E-state index in [2.05, 4.69) is 16.0 Å². The van der Waals surface area contributed by atoms with Crippen LogP contribution in [0.3, 0.4) is 0 Å². The van der Waals surface area contributed by atoms with Crippen LogP contribution in [-0.4, -0.2) is 24.5 Å². The number of hydrogen-bond acceptors (Lipinski definition) is 3. The Labute approximate surface area is 137 Å². The smallest absolute Gasteiger partial charge is 0.315 e. The molecule has 1 aliphatic rings. The van der Waals surface area contributed by atoms with Crippen LogP contribution < -0.4 is 16.0 Å². The Morgan fingerprint density at radius 1 is 1.26 bits per heavy atom. The van der Waals surface area contributed by atoms with Gasteiger partial charge < -0.3 is 20.4 Å². The minimum atomic E-state index is -0.352. The summed E-state index contributed by atoms with van der Waals surface area (Å²) in [5.74, 6) is 1.48. The first-order chi connectivity index (χ1) is 11.0. The molecular formula is C17H27N3O3. The third-order valence-corrected chi connectivity index (χ3v) is 4.27. The van der Waals surface area contributed by atoms with E-state index in [1.54, 1.807) is 0 Å². The van der Waals surface area contributed by atoms with E-state index in [1.807, 2.05) is 26.8 Å². The second kappa shape index (κ2) is 8.04. The van der Waals surface area contributed by atoms with Gasteiger partial charge in [-0.1, -0.05) is 19.3 Å². The van der Waals surface area contributed by atoms with Crippen LogP contribution in [0.4, 0.5) is 4.79 Å². The summed E-state index contributed by atoms with van der Waals surface area (Å²) in [6, 6.07) is 1.65. The highest BCUT2D eigenvalue weighted by Crippen LogP contribution is 2.21. The first-order valence-corrected chi connectivity index (χ1v) is 8.36. The SMILES string of the molecule is Cc1cc([C@H](C)NC(=O)NCC(=O)NC2CCCCC2)c(C)o1. The molecule has 3 N–H and O–H groups in total. The number of furan rings is 1. The summed E-state index contributed by atoms with van der Waals surface area (Å²) in [6.45, 7) is 5.63. The Balaban J connectivity index is 1.71. The van der Waals surface area contributed by atoms with Gasteiger partial charge in [-0.3, -0.25) is 4.79 Å². The van der Waals surface area contributed by atoms with Gasteiger partial charge in [0.15, 0.2) is 0 Å². The van der Waals surface area contributed by atoms with Gasteiger partial charge in [-0.2, -0.15) is 0 Å². The second-order valence-electron chi connectivity index (χ2n) is 6.32. The molecule has 1 fully saturated rings. The van der Waals surface area contributed by atoms with Gasteiger partial charge in [0.05, 0.1) is 12.6 Å². The monoisotopic (exact) mass is 321 g/mol. The normalized spacial score (nSPS) is 16.7. The maximum Gasteiger partial charge on any atom is 0.315 e. The highest BCUT2D eigenvalue weighted by molar-refractivity contribution is 5.84. The van der Waals surface area contributed by atoms with Crippen molar-refractivity contribution in [2.75, 3.05) is 6.54 Å². The maximum absolute atomic E-state index is 11.9. The van der Waals surface area contributed by atoms with Crippen LogP contribution in [0.15, 0.2) is 10.5 Å². The van der Waals surface area contributed by atoms with Crippen molar-refractivity contribution in [3.8, 4) is 0 Å². The molecule has 128 valence electrons. The fourth-order valence-electron chi connectivity index (χ4n) is 3.09. The molecular weight excluding hydrogens is 294 g/mol. The molecule has 0 aromatic carbocycles. The molecule has 23 heavy (non-hydrogen) atoms. The van der Waals surface area contributed by atoms with Crippen LogP contribution in [0, 0.1) is 13.8 Å². The number of urea groups is 1. The van der Waals surface area contributed by atoms with Crippen molar-refractivity contribution in [1.82, 2.24) is 16.0 Å². The van der Waals surface area contributed by atoms with Crippen LogP contribution >= 0.6 is 0 Å². The molecule has 1 aromatic heterocycles. The molecule has 1 aliphatic carbocycles. The van der Waals surface area contributed by atoms with Gasteiger partial charge in [0, 0.05) is 11.6 Å². The van der Waals surface area contributed by atoms with Gasteiger partial charge in [-0.15, -0.1) is 0 Å². The Hall–Kier alpha value is -1.98. The van der Waals surface area contributed by atoms with Gasteiger partial charge in [0.25, 0.3) is 0 Å². The summed E-state index contributed by atoms with van der Waals surface area (Å²) in [5.41, 5.74) is 0.948. The van der Waals surface area contributed by atoms with Crippen molar-refractivity contribution in [1.29, 1.82) is 0 Å². The van der Waals surface area contributed by atoms with E-state index in [0.717, 1.165) is 29.9 Å². The molecule has 2 rings (SSSR count). The van der Waals surface area contributed by atoms with Crippen molar-refractivity contribution in [2.45, 2.75) is 65.0 Å². The molecule has 1 atom stereocenters. The average molecular weight is 321 g/mol. The molecule has 0 bridgehead atoms. The number of hydrogen-bond donors (Lipinski definition) is 3. The molecule has 3 amide bonds. The van der Waals surface area contributed by atoms with Crippen molar-refractivity contribution in [3.63, 3.8) is 0 Å². The third kappa shape index (κ3) is 5.30. The van der Waals surface area contributed by atoms with Crippen LogP contribution in [0.1, 0.15) is 62.2 Å². The molecule has 6 nitrogen and oxygen atoms in total. The van der Waals surface area contributed by atoms with Crippen LogP contribution in [-0.2, 0) is 4.79 Å².